The number of hydrogen-bond acceptors (Lipinski definition) is 5. The maximum atomic E-state index is 12.8. The largest absolute Gasteiger partial charge is 0.382 e. The number of carbonyl (C=O) groups excluding carboxylic acids is 1. The van der Waals surface area contributed by atoms with Gasteiger partial charge in [0.1, 0.15) is 16.5 Å². The van der Waals surface area contributed by atoms with E-state index in [0.29, 0.717) is 22.1 Å². The average Bonchev–Trinajstić information content (AvgIpc) is 2.71. The van der Waals surface area contributed by atoms with E-state index in [0.717, 1.165) is 0 Å². The predicted octanol–water partition coefficient (Wildman–Crippen LogP) is 2.53. The van der Waals surface area contributed by atoms with Crippen LogP contribution in [0.25, 0.3) is 0 Å². The number of nitrogens with one attached hydrogen (secondary N) is 1. The summed E-state index contributed by atoms with van der Waals surface area (Å²) in [4.78, 5) is 16.6. The number of benzene rings is 1. The lowest BCUT2D eigenvalue weighted by molar-refractivity contribution is 0.104. The first kappa shape index (κ1) is 12.5. The highest BCUT2D eigenvalue weighted by molar-refractivity contribution is 7.18. The Kier molecular flexibility index (Phi) is 3.57. The second kappa shape index (κ2) is 5.14. The van der Waals surface area contributed by atoms with Crippen LogP contribution in [0, 0.1) is 5.82 Å². The van der Waals surface area contributed by atoms with Gasteiger partial charge in [-0.25, -0.2) is 9.37 Å². The third-order valence-electron chi connectivity index (χ3n) is 2.29. The molecule has 0 unspecified atom stereocenters. The molecular formula is C12H12FN3OS. The van der Waals surface area contributed by atoms with Gasteiger partial charge in [0.2, 0.25) is 5.78 Å². The van der Waals surface area contributed by atoms with Gasteiger partial charge in [-0.15, -0.1) is 0 Å². The number of rotatable bonds is 4. The number of thiazole rings is 1. The quantitative estimate of drug-likeness (QED) is 0.833. The van der Waals surface area contributed by atoms with Gasteiger partial charge in [0, 0.05) is 12.1 Å². The molecule has 1 aromatic heterocycles. The van der Waals surface area contributed by atoms with Gasteiger partial charge < -0.3 is 11.1 Å². The van der Waals surface area contributed by atoms with Crippen molar-refractivity contribution in [1.29, 1.82) is 0 Å². The van der Waals surface area contributed by atoms with Crippen molar-refractivity contribution in [1.82, 2.24) is 4.98 Å². The molecule has 0 atom stereocenters. The van der Waals surface area contributed by atoms with Crippen LogP contribution in [-0.2, 0) is 0 Å². The Balaban J connectivity index is 2.30. The van der Waals surface area contributed by atoms with Crippen LogP contribution in [0.4, 0.5) is 15.3 Å². The number of halogens is 1. The molecule has 0 saturated heterocycles. The minimum absolute atomic E-state index is 0.199. The number of carbonyl (C=O) groups is 1. The van der Waals surface area contributed by atoms with Crippen LogP contribution >= 0.6 is 11.3 Å². The highest BCUT2D eigenvalue weighted by atomic mass is 32.1. The smallest absolute Gasteiger partial charge is 0.206 e. The van der Waals surface area contributed by atoms with E-state index in [4.69, 9.17) is 5.73 Å². The van der Waals surface area contributed by atoms with Crippen LogP contribution < -0.4 is 11.1 Å². The van der Waals surface area contributed by atoms with E-state index in [-0.39, 0.29) is 17.4 Å². The SMILES string of the molecule is CCNc1nc(N)c(C(=O)c2ccc(F)cc2)s1. The summed E-state index contributed by atoms with van der Waals surface area (Å²) in [5.74, 6) is -0.420. The van der Waals surface area contributed by atoms with E-state index in [1.807, 2.05) is 6.92 Å². The number of nitrogens with two attached hydrogens (primary N) is 1. The Bertz CT molecular complexity index is 565. The van der Waals surface area contributed by atoms with E-state index in [9.17, 15) is 9.18 Å². The van der Waals surface area contributed by atoms with Crippen LogP contribution in [0.2, 0.25) is 0 Å². The number of nitrogen functional groups attached to an aromatic ring is 1. The highest BCUT2D eigenvalue weighted by Crippen LogP contribution is 2.27. The van der Waals surface area contributed by atoms with Crippen LogP contribution in [-0.4, -0.2) is 17.3 Å². The van der Waals surface area contributed by atoms with Crippen molar-refractivity contribution in [2.45, 2.75) is 6.92 Å². The second-order valence-corrected chi connectivity index (χ2v) is 4.60. The minimum atomic E-state index is -0.378. The van der Waals surface area contributed by atoms with Crippen molar-refractivity contribution in [3.63, 3.8) is 0 Å². The third kappa shape index (κ3) is 2.48. The van der Waals surface area contributed by atoms with Crippen molar-refractivity contribution in [2.24, 2.45) is 0 Å². The Morgan fingerprint density at radius 1 is 1.44 bits per heavy atom. The van der Waals surface area contributed by atoms with E-state index >= 15 is 0 Å². The maximum absolute atomic E-state index is 12.8. The predicted molar refractivity (Wildman–Crippen MR) is 70.5 cm³/mol. The summed E-state index contributed by atoms with van der Waals surface area (Å²) in [5.41, 5.74) is 6.10. The zero-order valence-corrected chi connectivity index (χ0v) is 10.6. The number of hydrogen-bond donors (Lipinski definition) is 2. The number of nitrogens with zero attached hydrogens (tertiary/aromatic N) is 1. The first-order chi connectivity index (χ1) is 8.61. The fraction of sp³-hybridized carbons (Fsp3) is 0.167. The summed E-state index contributed by atoms with van der Waals surface area (Å²) < 4.78 is 12.8. The molecule has 0 radical (unpaired) electrons. The van der Waals surface area contributed by atoms with Crippen LogP contribution in [0.5, 0.6) is 0 Å². The molecule has 94 valence electrons. The third-order valence-corrected chi connectivity index (χ3v) is 3.32. The molecule has 3 N–H and O–H groups in total. The molecule has 0 amide bonds. The second-order valence-electron chi connectivity index (χ2n) is 3.60. The molecule has 0 fully saturated rings. The molecule has 0 aliphatic heterocycles. The molecule has 0 saturated carbocycles. The monoisotopic (exact) mass is 265 g/mol. The standard InChI is InChI=1S/C12H12FN3OS/c1-2-15-12-16-11(14)10(18-12)9(17)7-3-5-8(13)6-4-7/h3-6H,2,14H2,1H3,(H,15,16). The number of ketones is 1. The lowest BCUT2D eigenvalue weighted by atomic mass is 10.1. The van der Waals surface area contributed by atoms with Crippen molar-refractivity contribution in [3.8, 4) is 0 Å². The summed E-state index contributed by atoms with van der Waals surface area (Å²) in [6.45, 7) is 2.64. The molecule has 0 spiro atoms. The van der Waals surface area contributed by atoms with Crippen LogP contribution in [0.3, 0.4) is 0 Å². The normalized spacial score (nSPS) is 10.3. The summed E-state index contributed by atoms with van der Waals surface area (Å²) >= 11 is 1.20. The molecule has 0 aliphatic carbocycles. The van der Waals surface area contributed by atoms with E-state index in [1.54, 1.807) is 0 Å². The lowest BCUT2D eigenvalue weighted by Crippen LogP contribution is -2.02. The number of anilines is 2. The fourth-order valence-corrected chi connectivity index (χ4v) is 2.37. The molecular weight excluding hydrogens is 253 g/mol. The molecule has 6 heteroatoms. The van der Waals surface area contributed by atoms with Gasteiger partial charge in [0.05, 0.1) is 0 Å². The van der Waals surface area contributed by atoms with Gasteiger partial charge in [-0.05, 0) is 31.2 Å². The molecule has 18 heavy (non-hydrogen) atoms. The van der Waals surface area contributed by atoms with Gasteiger partial charge >= 0.3 is 0 Å². The summed E-state index contributed by atoms with van der Waals surface area (Å²) in [5, 5.41) is 3.61. The Morgan fingerprint density at radius 2 is 2.11 bits per heavy atom. The average molecular weight is 265 g/mol. The van der Waals surface area contributed by atoms with Gasteiger partial charge in [0.15, 0.2) is 5.13 Å². The summed E-state index contributed by atoms with van der Waals surface area (Å²) in [6.07, 6.45) is 0. The highest BCUT2D eigenvalue weighted by Gasteiger charge is 2.17. The van der Waals surface area contributed by atoms with Crippen molar-refractivity contribution in [3.05, 3.63) is 40.5 Å². The Hall–Kier alpha value is -1.95. The fourth-order valence-electron chi connectivity index (χ4n) is 1.45. The zero-order valence-electron chi connectivity index (χ0n) is 9.74. The first-order valence-corrected chi connectivity index (χ1v) is 6.24. The van der Waals surface area contributed by atoms with Gasteiger partial charge in [-0.3, -0.25) is 4.79 Å². The van der Waals surface area contributed by atoms with Gasteiger partial charge in [0.25, 0.3) is 0 Å². The Labute approximate surface area is 108 Å². The van der Waals surface area contributed by atoms with Crippen LogP contribution in [0.1, 0.15) is 22.2 Å². The maximum Gasteiger partial charge on any atom is 0.206 e. The molecule has 1 aromatic carbocycles. The summed E-state index contributed by atoms with van der Waals surface area (Å²) in [6, 6.07) is 5.36. The van der Waals surface area contributed by atoms with Crippen LogP contribution in [0.15, 0.2) is 24.3 Å². The molecule has 1 heterocycles. The molecule has 0 aliphatic rings. The van der Waals surface area contributed by atoms with Gasteiger partial charge in [-0.2, -0.15) is 0 Å². The first-order valence-electron chi connectivity index (χ1n) is 5.42. The molecule has 0 bridgehead atoms. The zero-order chi connectivity index (χ0) is 13.1. The topological polar surface area (TPSA) is 68.0 Å². The molecule has 2 aromatic rings. The van der Waals surface area contributed by atoms with E-state index < -0.39 is 0 Å². The number of aromatic nitrogens is 1. The van der Waals surface area contributed by atoms with Crippen molar-refractivity contribution >= 4 is 28.1 Å². The van der Waals surface area contributed by atoms with Gasteiger partial charge in [-0.1, -0.05) is 11.3 Å². The van der Waals surface area contributed by atoms with Crippen molar-refractivity contribution in [2.75, 3.05) is 17.6 Å². The van der Waals surface area contributed by atoms with E-state index in [1.165, 1.54) is 35.6 Å². The molecule has 2 rings (SSSR count). The minimum Gasteiger partial charge on any atom is -0.382 e. The van der Waals surface area contributed by atoms with E-state index in [2.05, 4.69) is 10.3 Å². The van der Waals surface area contributed by atoms with Crippen molar-refractivity contribution < 1.29 is 9.18 Å². The summed E-state index contributed by atoms with van der Waals surface area (Å²) in [7, 11) is 0. The Morgan fingerprint density at radius 3 is 2.72 bits per heavy atom. The lowest BCUT2D eigenvalue weighted by Gasteiger charge is -1.98. The molecule has 4 nitrogen and oxygen atoms in total.